The van der Waals surface area contributed by atoms with E-state index in [0.717, 1.165) is 38.4 Å². The summed E-state index contributed by atoms with van der Waals surface area (Å²) in [5, 5.41) is 0. The second-order valence-corrected chi connectivity index (χ2v) is 6.45. The minimum absolute atomic E-state index is 0.134. The highest BCUT2D eigenvalue weighted by atomic mass is 16.5. The van der Waals surface area contributed by atoms with Crippen LogP contribution in [0.15, 0.2) is 24.3 Å². The summed E-state index contributed by atoms with van der Waals surface area (Å²) >= 11 is 0. The first-order chi connectivity index (χ1) is 9.47. The van der Waals surface area contributed by atoms with Crippen molar-refractivity contribution in [3.05, 3.63) is 35.4 Å². The van der Waals surface area contributed by atoms with E-state index in [1.54, 1.807) is 0 Å². The highest BCUT2D eigenvalue weighted by molar-refractivity contribution is 5.96. The lowest BCUT2D eigenvalue weighted by Gasteiger charge is -2.26. The molecule has 3 heteroatoms. The number of hydrogen-bond donors (Lipinski definition) is 0. The Morgan fingerprint density at radius 1 is 1.15 bits per heavy atom. The van der Waals surface area contributed by atoms with Crippen molar-refractivity contribution in [3.8, 4) is 0 Å². The molecular weight excluding hydrogens is 250 g/mol. The van der Waals surface area contributed by atoms with Gasteiger partial charge in [-0.3, -0.25) is 9.69 Å². The van der Waals surface area contributed by atoms with Crippen LogP contribution < -0.4 is 0 Å². The van der Waals surface area contributed by atoms with Crippen LogP contribution >= 0.6 is 0 Å². The van der Waals surface area contributed by atoms with E-state index in [9.17, 15) is 4.79 Å². The summed E-state index contributed by atoms with van der Waals surface area (Å²) in [5.41, 5.74) is 2.23. The molecule has 1 aliphatic rings. The third-order valence-corrected chi connectivity index (χ3v) is 3.83. The predicted octanol–water partition coefficient (Wildman–Crippen LogP) is 2.89. The summed E-state index contributed by atoms with van der Waals surface area (Å²) in [4.78, 5) is 14.5. The van der Waals surface area contributed by atoms with Crippen LogP contribution in [0.2, 0.25) is 0 Å². The zero-order valence-corrected chi connectivity index (χ0v) is 12.8. The molecule has 1 aliphatic heterocycles. The third-order valence-electron chi connectivity index (χ3n) is 3.83. The van der Waals surface area contributed by atoms with Gasteiger partial charge in [0, 0.05) is 31.6 Å². The van der Waals surface area contributed by atoms with Gasteiger partial charge < -0.3 is 4.74 Å². The van der Waals surface area contributed by atoms with Crippen LogP contribution in [-0.4, -0.2) is 43.5 Å². The molecule has 2 rings (SSSR count). The van der Waals surface area contributed by atoms with Crippen LogP contribution in [0.5, 0.6) is 0 Å². The molecule has 3 nitrogen and oxygen atoms in total. The van der Waals surface area contributed by atoms with Crippen LogP contribution in [0, 0.1) is 0 Å². The normalized spacial score (nSPS) is 17.1. The van der Waals surface area contributed by atoms with Gasteiger partial charge in [-0.2, -0.15) is 0 Å². The largest absolute Gasteiger partial charge is 0.379 e. The Labute approximate surface area is 121 Å². The standard InChI is InChI=1S/C17H25NO2/c1-17(2,3)15-6-4-14(5-7-15)16(19)8-9-18-10-12-20-13-11-18/h4-7H,8-13H2,1-3H3. The van der Waals surface area contributed by atoms with Gasteiger partial charge in [0.25, 0.3) is 0 Å². The van der Waals surface area contributed by atoms with Gasteiger partial charge in [0.15, 0.2) is 5.78 Å². The van der Waals surface area contributed by atoms with Crippen LogP contribution in [-0.2, 0) is 10.2 Å². The zero-order valence-electron chi connectivity index (χ0n) is 12.8. The Bertz CT molecular complexity index is 439. The first-order valence-corrected chi connectivity index (χ1v) is 7.41. The first-order valence-electron chi connectivity index (χ1n) is 7.41. The van der Waals surface area contributed by atoms with E-state index in [1.165, 1.54) is 5.56 Å². The molecule has 0 saturated carbocycles. The van der Waals surface area contributed by atoms with Crippen molar-refractivity contribution in [1.82, 2.24) is 4.90 Å². The number of benzene rings is 1. The summed E-state index contributed by atoms with van der Waals surface area (Å²) in [6, 6.07) is 8.06. The molecule has 1 fully saturated rings. The Balaban J connectivity index is 1.89. The molecule has 0 bridgehead atoms. The number of carbonyl (C=O) groups excluding carboxylic acids is 1. The van der Waals surface area contributed by atoms with E-state index >= 15 is 0 Å². The maximum Gasteiger partial charge on any atom is 0.164 e. The Morgan fingerprint density at radius 2 is 1.75 bits per heavy atom. The second kappa shape index (κ2) is 6.51. The average molecular weight is 275 g/mol. The maximum atomic E-state index is 12.2. The molecule has 1 saturated heterocycles. The van der Waals surface area contributed by atoms with Crippen molar-refractivity contribution in [1.29, 1.82) is 0 Å². The van der Waals surface area contributed by atoms with Crippen molar-refractivity contribution in [2.75, 3.05) is 32.8 Å². The zero-order chi connectivity index (χ0) is 14.6. The first kappa shape index (κ1) is 15.2. The van der Waals surface area contributed by atoms with Crippen LogP contribution in [0.3, 0.4) is 0 Å². The van der Waals surface area contributed by atoms with Gasteiger partial charge in [-0.15, -0.1) is 0 Å². The molecule has 1 heterocycles. The summed E-state index contributed by atoms with van der Waals surface area (Å²) < 4.78 is 5.31. The van der Waals surface area contributed by atoms with Crippen molar-refractivity contribution >= 4 is 5.78 Å². The summed E-state index contributed by atoms with van der Waals surface area (Å²) in [6.07, 6.45) is 0.592. The van der Waals surface area contributed by atoms with E-state index in [0.29, 0.717) is 6.42 Å². The second-order valence-electron chi connectivity index (χ2n) is 6.45. The summed E-state index contributed by atoms with van der Waals surface area (Å²) in [6.45, 7) is 10.8. The molecule has 0 unspecified atom stereocenters. The molecule has 0 amide bonds. The average Bonchev–Trinajstić information content (AvgIpc) is 2.45. The smallest absolute Gasteiger partial charge is 0.164 e. The molecule has 0 aliphatic carbocycles. The van der Waals surface area contributed by atoms with Crippen LogP contribution in [0.4, 0.5) is 0 Å². The Morgan fingerprint density at radius 3 is 2.30 bits per heavy atom. The number of morpholine rings is 1. The lowest BCUT2D eigenvalue weighted by molar-refractivity contribution is 0.0370. The van der Waals surface area contributed by atoms with Gasteiger partial charge in [-0.1, -0.05) is 45.0 Å². The van der Waals surface area contributed by atoms with Crippen molar-refractivity contribution in [2.24, 2.45) is 0 Å². The van der Waals surface area contributed by atoms with E-state index < -0.39 is 0 Å². The van der Waals surface area contributed by atoms with Crippen molar-refractivity contribution in [3.63, 3.8) is 0 Å². The fourth-order valence-corrected chi connectivity index (χ4v) is 2.38. The molecular formula is C17H25NO2. The van der Waals surface area contributed by atoms with Gasteiger partial charge in [0.2, 0.25) is 0 Å². The van der Waals surface area contributed by atoms with Gasteiger partial charge in [0.1, 0.15) is 0 Å². The van der Waals surface area contributed by atoms with Crippen LogP contribution in [0.1, 0.15) is 43.1 Å². The number of carbonyl (C=O) groups is 1. The van der Waals surface area contributed by atoms with E-state index in [-0.39, 0.29) is 11.2 Å². The number of nitrogens with zero attached hydrogens (tertiary/aromatic N) is 1. The monoisotopic (exact) mass is 275 g/mol. The number of hydrogen-bond acceptors (Lipinski definition) is 3. The highest BCUT2D eigenvalue weighted by Gasteiger charge is 2.15. The molecule has 1 aromatic carbocycles. The fraction of sp³-hybridized carbons (Fsp3) is 0.588. The van der Waals surface area contributed by atoms with E-state index in [1.807, 2.05) is 12.1 Å². The highest BCUT2D eigenvalue weighted by Crippen LogP contribution is 2.22. The van der Waals surface area contributed by atoms with Crippen molar-refractivity contribution in [2.45, 2.75) is 32.6 Å². The molecule has 20 heavy (non-hydrogen) atoms. The van der Waals surface area contributed by atoms with Gasteiger partial charge in [0.05, 0.1) is 13.2 Å². The lowest BCUT2D eigenvalue weighted by atomic mass is 9.86. The predicted molar refractivity (Wildman–Crippen MR) is 81.3 cm³/mol. The minimum atomic E-state index is 0.134. The van der Waals surface area contributed by atoms with Crippen molar-refractivity contribution < 1.29 is 9.53 Å². The number of ether oxygens (including phenoxy) is 1. The lowest BCUT2D eigenvalue weighted by Crippen LogP contribution is -2.37. The molecule has 0 N–H and O–H groups in total. The summed E-state index contributed by atoms with van der Waals surface area (Å²) in [5.74, 6) is 0.233. The van der Waals surface area contributed by atoms with Gasteiger partial charge >= 0.3 is 0 Å². The third kappa shape index (κ3) is 4.15. The fourth-order valence-electron chi connectivity index (χ4n) is 2.38. The quantitative estimate of drug-likeness (QED) is 0.791. The molecule has 1 aromatic rings. The molecule has 0 spiro atoms. The summed E-state index contributed by atoms with van der Waals surface area (Å²) in [7, 11) is 0. The Kier molecular flexibility index (Phi) is 4.95. The van der Waals surface area contributed by atoms with E-state index in [2.05, 4.69) is 37.8 Å². The molecule has 110 valence electrons. The molecule has 0 radical (unpaired) electrons. The Hall–Kier alpha value is -1.19. The van der Waals surface area contributed by atoms with Gasteiger partial charge in [-0.25, -0.2) is 0 Å². The number of Topliss-reactive ketones (excluding diaryl/α,β-unsaturated/α-hetero) is 1. The topological polar surface area (TPSA) is 29.5 Å². The molecule has 0 aromatic heterocycles. The van der Waals surface area contributed by atoms with Gasteiger partial charge in [-0.05, 0) is 11.0 Å². The number of ketones is 1. The van der Waals surface area contributed by atoms with E-state index in [4.69, 9.17) is 4.74 Å². The SMILES string of the molecule is CC(C)(C)c1ccc(C(=O)CCN2CCOCC2)cc1. The minimum Gasteiger partial charge on any atom is -0.379 e. The maximum absolute atomic E-state index is 12.2. The molecule has 0 atom stereocenters. The number of rotatable bonds is 4. The van der Waals surface area contributed by atoms with Crippen LogP contribution in [0.25, 0.3) is 0 Å².